The van der Waals surface area contributed by atoms with E-state index in [-0.39, 0.29) is 29.5 Å². The Balaban J connectivity index is 1.99. The molecule has 2 aromatic carbocycles. The van der Waals surface area contributed by atoms with Crippen molar-refractivity contribution in [1.82, 2.24) is 0 Å². The van der Waals surface area contributed by atoms with E-state index in [2.05, 4.69) is 0 Å². The second-order valence-corrected chi connectivity index (χ2v) is 7.97. The van der Waals surface area contributed by atoms with Crippen molar-refractivity contribution in [3.63, 3.8) is 0 Å². The molecule has 8 heteroatoms. The van der Waals surface area contributed by atoms with Crippen LogP contribution in [0.25, 0.3) is 0 Å². The second kappa shape index (κ2) is 6.89. The van der Waals surface area contributed by atoms with Crippen LogP contribution in [-0.2, 0) is 21.2 Å². The zero-order valence-electron chi connectivity index (χ0n) is 14.0. The summed E-state index contributed by atoms with van der Waals surface area (Å²) in [6, 6.07) is 10.9. The monoisotopic (exact) mass is 375 g/mol. The maximum atomic E-state index is 12.3. The van der Waals surface area contributed by atoms with E-state index in [1.165, 1.54) is 29.2 Å². The van der Waals surface area contributed by atoms with Gasteiger partial charge in [0.05, 0.1) is 17.1 Å². The topological polar surface area (TPSA) is 101 Å². The number of ketones is 1. The molecule has 26 heavy (non-hydrogen) atoms. The molecule has 0 unspecified atom stereocenters. The van der Waals surface area contributed by atoms with Gasteiger partial charge in [-0.15, -0.1) is 0 Å². The maximum Gasteiger partial charge on any atom is 0.265 e. The number of aliphatic hydroxyl groups excluding tert-OH is 1. The second-order valence-electron chi connectivity index (χ2n) is 5.95. The van der Waals surface area contributed by atoms with Crippen LogP contribution in [0.3, 0.4) is 0 Å². The number of benzene rings is 2. The maximum absolute atomic E-state index is 12.3. The minimum Gasteiger partial charge on any atom is -0.482 e. The van der Waals surface area contributed by atoms with Crippen LogP contribution in [0.15, 0.2) is 47.4 Å². The predicted molar refractivity (Wildman–Crippen MR) is 94.1 cm³/mol. The van der Waals surface area contributed by atoms with Crippen LogP contribution < -0.4 is 9.64 Å². The van der Waals surface area contributed by atoms with E-state index in [1.54, 1.807) is 18.2 Å². The van der Waals surface area contributed by atoms with Gasteiger partial charge in [0.25, 0.3) is 5.91 Å². The average molecular weight is 375 g/mol. The van der Waals surface area contributed by atoms with Crippen molar-refractivity contribution in [2.24, 2.45) is 0 Å². The van der Waals surface area contributed by atoms with Crippen LogP contribution >= 0.6 is 0 Å². The van der Waals surface area contributed by atoms with E-state index < -0.39 is 22.2 Å². The first kappa shape index (κ1) is 18.1. The Bertz CT molecular complexity index is 983. The van der Waals surface area contributed by atoms with Gasteiger partial charge in [0.15, 0.2) is 22.2 Å². The summed E-state index contributed by atoms with van der Waals surface area (Å²) in [5.41, 5.74) is 1.30. The van der Waals surface area contributed by atoms with Gasteiger partial charge in [0.1, 0.15) is 12.4 Å². The number of Topliss-reactive ketones (excluding diaryl/α,β-unsaturated/α-hetero) is 1. The molecule has 1 aliphatic heterocycles. The number of anilines is 1. The molecule has 0 atom stereocenters. The Morgan fingerprint density at radius 1 is 1.23 bits per heavy atom. The molecular formula is C18H17NO6S. The predicted octanol–water partition coefficient (Wildman–Crippen LogP) is 1.19. The van der Waals surface area contributed by atoms with Gasteiger partial charge in [-0.3, -0.25) is 9.59 Å². The fourth-order valence-electron chi connectivity index (χ4n) is 2.70. The van der Waals surface area contributed by atoms with Crippen molar-refractivity contribution in [2.45, 2.75) is 11.4 Å². The summed E-state index contributed by atoms with van der Waals surface area (Å²) in [5, 5.41) is 9.03. The van der Waals surface area contributed by atoms with Crippen LogP contribution in [0.4, 0.5) is 5.69 Å². The van der Waals surface area contributed by atoms with Gasteiger partial charge >= 0.3 is 0 Å². The van der Waals surface area contributed by atoms with Crippen LogP contribution in [-0.4, -0.2) is 44.7 Å². The molecule has 0 saturated heterocycles. The summed E-state index contributed by atoms with van der Waals surface area (Å²) < 4.78 is 28.9. The van der Waals surface area contributed by atoms with Gasteiger partial charge in [0, 0.05) is 11.8 Å². The molecule has 3 rings (SSSR count). The smallest absolute Gasteiger partial charge is 0.265 e. The van der Waals surface area contributed by atoms with Gasteiger partial charge in [-0.25, -0.2) is 8.42 Å². The molecule has 136 valence electrons. The lowest BCUT2D eigenvalue weighted by Crippen LogP contribution is -2.38. The number of ether oxygens (including phenoxy) is 1. The number of sulfone groups is 1. The zero-order chi connectivity index (χ0) is 18.9. The van der Waals surface area contributed by atoms with Crippen LogP contribution in [0.2, 0.25) is 0 Å². The SMILES string of the molecule is CS(=O)(=O)c1cccc(CN2C(=O)COc3ccc(C(=O)CO)cc32)c1. The fraction of sp³-hybridized carbons (Fsp3) is 0.222. The van der Waals surface area contributed by atoms with Crippen molar-refractivity contribution in [3.05, 3.63) is 53.6 Å². The average Bonchev–Trinajstić information content (AvgIpc) is 2.62. The summed E-state index contributed by atoms with van der Waals surface area (Å²) in [6.07, 6.45) is 1.12. The molecule has 1 aliphatic rings. The number of carbonyl (C=O) groups excluding carboxylic acids is 2. The van der Waals surface area contributed by atoms with Crippen molar-refractivity contribution < 1.29 is 27.9 Å². The number of fused-ring (bicyclic) bond motifs is 1. The zero-order valence-corrected chi connectivity index (χ0v) is 14.8. The lowest BCUT2D eigenvalue weighted by molar-refractivity contribution is -0.121. The van der Waals surface area contributed by atoms with Gasteiger partial charge in [-0.05, 0) is 35.9 Å². The van der Waals surface area contributed by atoms with Crippen molar-refractivity contribution >= 4 is 27.2 Å². The quantitative estimate of drug-likeness (QED) is 0.788. The number of aliphatic hydroxyl groups is 1. The number of rotatable bonds is 5. The van der Waals surface area contributed by atoms with Gasteiger partial charge in [-0.2, -0.15) is 0 Å². The number of hydrogen-bond acceptors (Lipinski definition) is 6. The molecule has 0 spiro atoms. The standard InChI is InChI=1S/C18H17NO6S/c1-26(23,24)14-4-2-3-12(7-14)9-19-15-8-13(16(21)10-20)5-6-17(15)25-11-18(19)22/h2-8,20H,9-11H2,1H3. The van der Waals surface area contributed by atoms with Crippen molar-refractivity contribution in [2.75, 3.05) is 24.4 Å². The first-order valence-electron chi connectivity index (χ1n) is 7.80. The molecule has 0 fully saturated rings. The molecule has 0 aromatic heterocycles. The summed E-state index contributed by atoms with van der Waals surface area (Å²) >= 11 is 0. The summed E-state index contributed by atoms with van der Waals surface area (Å²) in [4.78, 5) is 25.7. The summed E-state index contributed by atoms with van der Waals surface area (Å²) in [6.45, 7) is -0.647. The van der Waals surface area contributed by atoms with Crippen LogP contribution in [0, 0.1) is 0 Å². The van der Waals surface area contributed by atoms with Crippen LogP contribution in [0.5, 0.6) is 5.75 Å². The van der Waals surface area contributed by atoms with Crippen molar-refractivity contribution in [3.8, 4) is 5.75 Å². The van der Waals surface area contributed by atoms with Crippen molar-refractivity contribution in [1.29, 1.82) is 0 Å². The largest absolute Gasteiger partial charge is 0.482 e. The molecule has 2 aromatic rings. The molecule has 7 nitrogen and oxygen atoms in total. The van der Waals surface area contributed by atoms with E-state index >= 15 is 0 Å². The van der Waals surface area contributed by atoms with Gasteiger partial charge < -0.3 is 14.7 Å². The number of carbonyl (C=O) groups is 2. The minimum atomic E-state index is -3.36. The highest BCUT2D eigenvalue weighted by molar-refractivity contribution is 7.90. The van der Waals surface area contributed by atoms with Gasteiger partial charge in [-0.1, -0.05) is 12.1 Å². The Hall–Kier alpha value is -2.71. The first-order valence-corrected chi connectivity index (χ1v) is 9.69. The molecule has 1 N–H and O–H groups in total. The number of nitrogens with zero attached hydrogens (tertiary/aromatic N) is 1. The minimum absolute atomic E-state index is 0.134. The highest BCUT2D eigenvalue weighted by Gasteiger charge is 2.27. The Morgan fingerprint density at radius 3 is 2.69 bits per heavy atom. The third-order valence-corrected chi connectivity index (χ3v) is 5.15. The normalized spacial score (nSPS) is 13.9. The molecular weight excluding hydrogens is 358 g/mol. The van der Waals surface area contributed by atoms with E-state index in [4.69, 9.17) is 9.84 Å². The highest BCUT2D eigenvalue weighted by Crippen LogP contribution is 2.34. The summed E-state index contributed by atoms with van der Waals surface area (Å²) in [7, 11) is -3.36. The third kappa shape index (κ3) is 3.61. The molecule has 1 heterocycles. The first-order chi connectivity index (χ1) is 12.3. The molecule has 0 saturated carbocycles. The van der Waals surface area contributed by atoms with E-state index in [1.807, 2.05) is 0 Å². The Kier molecular flexibility index (Phi) is 4.80. The third-order valence-electron chi connectivity index (χ3n) is 4.03. The number of hydrogen-bond donors (Lipinski definition) is 1. The number of amides is 1. The van der Waals surface area contributed by atoms with Crippen LogP contribution in [0.1, 0.15) is 15.9 Å². The molecule has 0 aliphatic carbocycles. The van der Waals surface area contributed by atoms with Gasteiger partial charge in [0.2, 0.25) is 0 Å². The molecule has 0 radical (unpaired) electrons. The lowest BCUT2D eigenvalue weighted by atomic mass is 10.1. The molecule has 0 bridgehead atoms. The molecule has 1 amide bonds. The summed E-state index contributed by atoms with van der Waals surface area (Å²) in [5.74, 6) is -0.334. The van der Waals surface area contributed by atoms with E-state index in [0.29, 0.717) is 17.0 Å². The van der Waals surface area contributed by atoms with E-state index in [0.717, 1.165) is 6.26 Å². The van der Waals surface area contributed by atoms with E-state index in [9.17, 15) is 18.0 Å². The fourth-order valence-corrected chi connectivity index (χ4v) is 3.39. The Morgan fingerprint density at radius 2 is 2.00 bits per heavy atom. The lowest BCUT2D eigenvalue weighted by Gasteiger charge is -2.30. The highest BCUT2D eigenvalue weighted by atomic mass is 32.2. The Labute approximate surface area is 150 Å².